The van der Waals surface area contributed by atoms with Crippen LogP contribution in [0.3, 0.4) is 0 Å². The van der Waals surface area contributed by atoms with Crippen LogP contribution in [0.25, 0.3) is 0 Å². The van der Waals surface area contributed by atoms with E-state index in [0.29, 0.717) is 45.3 Å². The molecule has 8 heteroatoms. The number of allylic oxidation sites excluding steroid dienone is 3. The van der Waals surface area contributed by atoms with Gasteiger partial charge in [-0.1, -0.05) is 41.9 Å². The van der Waals surface area contributed by atoms with Crippen molar-refractivity contribution in [3.05, 3.63) is 87.2 Å². The summed E-state index contributed by atoms with van der Waals surface area (Å²) in [5, 5.41) is 3.70. The van der Waals surface area contributed by atoms with Gasteiger partial charge in [-0.05, 0) is 56.5 Å². The van der Waals surface area contributed by atoms with Gasteiger partial charge in [0.15, 0.2) is 5.78 Å². The van der Waals surface area contributed by atoms with Crippen molar-refractivity contribution >= 4 is 29.3 Å². The highest BCUT2D eigenvalue weighted by Gasteiger charge is 2.49. The SMILES string of the molecule is CCOC(=O)C1=C(C)NC2=C(C(=O)[C@H](C(=O)OCC)[C@H](c3ccc(OC)cc3)C2)[C@H]1c1ccccc1Cl. The van der Waals surface area contributed by atoms with Crippen molar-refractivity contribution in [3.8, 4) is 5.75 Å². The van der Waals surface area contributed by atoms with Crippen LogP contribution in [-0.4, -0.2) is 38.0 Å². The minimum absolute atomic E-state index is 0.142. The molecule has 0 radical (unpaired) electrons. The molecule has 0 spiro atoms. The maximum Gasteiger partial charge on any atom is 0.336 e. The maximum absolute atomic E-state index is 14.3. The third-order valence-corrected chi connectivity index (χ3v) is 7.16. The van der Waals surface area contributed by atoms with Gasteiger partial charge in [0, 0.05) is 33.8 Å². The first-order chi connectivity index (χ1) is 17.8. The normalized spacial score (nSPS) is 21.2. The molecule has 0 amide bonds. The summed E-state index contributed by atoms with van der Waals surface area (Å²) in [6.07, 6.45) is 0.366. The van der Waals surface area contributed by atoms with Gasteiger partial charge in [0.25, 0.3) is 0 Å². The predicted octanol–water partition coefficient (Wildman–Crippen LogP) is 5.06. The highest BCUT2D eigenvalue weighted by atomic mass is 35.5. The topological polar surface area (TPSA) is 90.9 Å². The molecule has 1 N–H and O–H groups in total. The van der Waals surface area contributed by atoms with E-state index < -0.39 is 35.5 Å². The third kappa shape index (κ3) is 5.01. The van der Waals surface area contributed by atoms with Crippen LogP contribution in [0.1, 0.15) is 50.2 Å². The van der Waals surface area contributed by atoms with E-state index in [-0.39, 0.29) is 13.2 Å². The fraction of sp³-hybridized carbons (Fsp3) is 0.345. The number of rotatable bonds is 7. The molecule has 7 nitrogen and oxygen atoms in total. The van der Waals surface area contributed by atoms with Crippen LogP contribution in [0.5, 0.6) is 5.75 Å². The molecule has 0 aromatic heterocycles. The van der Waals surface area contributed by atoms with Gasteiger partial charge in [-0.2, -0.15) is 0 Å². The number of dihydropyridines is 1. The molecule has 0 fully saturated rings. The first-order valence-electron chi connectivity index (χ1n) is 12.3. The number of ether oxygens (including phenoxy) is 3. The molecule has 0 bridgehead atoms. The summed E-state index contributed by atoms with van der Waals surface area (Å²) < 4.78 is 16.0. The molecule has 4 rings (SSSR count). The number of carbonyl (C=O) groups is 3. The fourth-order valence-corrected chi connectivity index (χ4v) is 5.45. The minimum atomic E-state index is -1.08. The smallest absolute Gasteiger partial charge is 0.336 e. The molecule has 2 aliphatic rings. The lowest BCUT2D eigenvalue weighted by molar-refractivity contribution is -0.152. The van der Waals surface area contributed by atoms with Crippen molar-refractivity contribution in [3.63, 3.8) is 0 Å². The average Bonchev–Trinajstić information content (AvgIpc) is 2.88. The number of benzene rings is 2. The average molecular weight is 524 g/mol. The maximum atomic E-state index is 14.3. The van der Waals surface area contributed by atoms with Crippen LogP contribution < -0.4 is 10.1 Å². The van der Waals surface area contributed by atoms with E-state index in [1.54, 1.807) is 64.3 Å². The van der Waals surface area contributed by atoms with E-state index in [1.165, 1.54) is 0 Å². The summed E-state index contributed by atoms with van der Waals surface area (Å²) in [7, 11) is 1.58. The van der Waals surface area contributed by atoms with Crippen molar-refractivity contribution in [1.29, 1.82) is 0 Å². The van der Waals surface area contributed by atoms with Crippen LogP contribution in [0.2, 0.25) is 5.02 Å². The molecule has 0 unspecified atom stereocenters. The molecule has 2 aromatic rings. The number of ketones is 1. The molecule has 0 saturated carbocycles. The predicted molar refractivity (Wildman–Crippen MR) is 139 cm³/mol. The van der Waals surface area contributed by atoms with Crippen LogP contribution in [0.4, 0.5) is 0 Å². The zero-order chi connectivity index (χ0) is 26.7. The molecular formula is C29H30ClNO6. The largest absolute Gasteiger partial charge is 0.497 e. The number of carbonyl (C=O) groups excluding carboxylic acids is 3. The molecule has 1 aliphatic carbocycles. The Balaban J connectivity index is 1.90. The zero-order valence-corrected chi connectivity index (χ0v) is 22.1. The van der Waals surface area contributed by atoms with Crippen molar-refractivity contribution in [2.75, 3.05) is 20.3 Å². The van der Waals surface area contributed by atoms with Gasteiger partial charge in [-0.15, -0.1) is 0 Å². The highest BCUT2D eigenvalue weighted by Crippen LogP contribution is 2.49. The van der Waals surface area contributed by atoms with Gasteiger partial charge < -0.3 is 19.5 Å². The number of hydrogen-bond donors (Lipinski definition) is 1. The van der Waals surface area contributed by atoms with E-state index in [9.17, 15) is 14.4 Å². The summed E-state index contributed by atoms with van der Waals surface area (Å²) in [5.74, 6) is -3.19. The second-order valence-corrected chi connectivity index (χ2v) is 9.32. The summed E-state index contributed by atoms with van der Waals surface area (Å²) in [6, 6.07) is 14.4. The van der Waals surface area contributed by atoms with Gasteiger partial charge in [-0.3, -0.25) is 9.59 Å². The molecule has 1 aliphatic heterocycles. The van der Waals surface area contributed by atoms with Gasteiger partial charge in [0.05, 0.1) is 25.9 Å². The van der Waals surface area contributed by atoms with E-state index in [4.69, 9.17) is 25.8 Å². The summed E-state index contributed by atoms with van der Waals surface area (Å²) in [5.41, 5.74) is 3.28. The van der Waals surface area contributed by atoms with E-state index in [2.05, 4.69) is 5.32 Å². The highest BCUT2D eigenvalue weighted by molar-refractivity contribution is 6.31. The first-order valence-corrected chi connectivity index (χ1v) is 12.7. The number of hydrogen-bond acceptors (Lipinski definition) is 7. The Morgan fingerprint density at radius 3 is 2.32 bits per heavy atom. The molecule has 194 valence electrons. The summed E-state index contributed by atoms with van der Waals surface area (Å²) >= 11 is 6.60. The number of Topliss-reactive ketones (excluding diaryl/α,β-unsaturated/α-hetero) is 1. The standard InChI is InChI=1S/C29H30ClNO6/c1-5-36-28(33)23-16(3)31-22-15-20(17-11-13-18(35-4)14-12-17)25(29(34)37-6-2)27(32)26(22)24(23)19-9-7-8-10-21(19)30/h7-14,20,24-25,31H,5-6,15H2,1-4H3/t20-,24-,25+/m0/s1. The number of halogens is 1. The second-order valence-electron chi connectivity index (χ2n) is 8.91. The lowest BCUT2D eigenvalue weighted by atomic mass is 9.67. The number of methoxy groups -OCH3 is 1. The molecule has 2 aromatic carbocycles. The Labute approximate surface area is 221 Å². The van der Waals surface area contributed by atoms with E-state index in [1.807, 2.05) is 12.1 Å². The Bertz CT molecular complexity index is 1280. The van der Waals surface area contributed by atoms with Gasteiger partial charge in [0.1, 0.15) is 11.7 Å². The number of nitrogens with one attached hydrogen (secondary N) is 1. The Morgan fingerprint density at radius 2 is 1.70 bits per heavy atom. The molecule has 0 saturated heterocycles. The van der Waals surface area contributed by atoms with Crippen LogP contribution in [-0.2, 0) is 23.9 Å². The van der Waals surface area contributed by atoms with Gasteiger partial charge in [-0.25, -0.2) is 4.79 Å². The number of esters is 2. The zero-order valence-electron chi connectivity index (χ0n) is 21.3. The monoisotopic (exact) mass is 523 g/mol. The minimum Gasteiger partial charge on any atom is -0.497 e. The van der Waals surface area contributed by atoms with E-state index >= 15 is 0 Å². The van der Waals surface area contributed by atoms with Crippen LogP contribution in [0, 0.1) is 5.92 Å². The van der Waals surface area contributed by atoms with Gasteiger partial charge >= 0.3 is 11.9 Å². The lowest BCUT2D eigenvalue weighted by Crippen LogP contribution is -2.43. The molecular weight excluding hydrogens is 494 g/mol. The van der Waals surface area contributed by atoms with Crippen molar-refractivity contribution in [2.24, 2.45) is 5.92 Å². The summed E-state index contributed by atoms with van der Waals surface area (Å²) in [4.78, 5) is 40.7. The van der Waals surface area contributed by atoms with Gasteiger partial charge in [0.2, 0.25) is 0 Å². The van der Waals surface area contributed by atoms with Crippen molar-refractivity contribution < 1.29 is 28.6 Å². The van der Waals surface area contributed by atoms with Crippen molar-refractivity contribution in [1.82, 2.24) is 5.32 Å². The van der Waals surface area contributed by atoms with Crippen LogP contribution >= 0.6 is 11.6 Å². The van der Waals surface area contributed by atoms with E-state index in [0.717, 1.165) is 5.56 Å². The Hall–Kier alpha value is -3.58. The quantitative estimate of drug-likeness (QED) is 0.400. The lowest BCUT2D eigenvalue weighted by Gasteiger charge is -2.39. The van der Waals surface area contributed by atoms with Crippen LogP contribution in [0.15, 0.2) is 71.1 Å². The Morgan fingerprint density at radius 1 is 1.03 bits per heavy atom. The molecule has 1 heterocycles. The summed E-state index contributed by atoms with van der Waals surface area (Å²) in [6.45, 7) is 5.53. The first kappa shape index (κ1) is 26.5. The second kappa shape index (κ2) is 11.2. The molecule has 3 atom stereocenters. The molecule has 37 heavy (non-hydrogen) atoms. The Kier molecular flexibility index (Phi) is 8.03. The fourth-order valence-electron chi connectivity index (χ4n) is 5.20. The van der Waals surface area contributed by atoms with Crippen molar-refractivity contribution in [2.45, 2.75) is 39.0 Å². The third-order valence-electron chi connectivity index (χ3n) is 6.82.